The average Bonchev–Trinajstić information content (AvgIpc) is 4.31. The lowest BCUT2D eigenvalue weighted by molar-refractivity contribution is -0.143. The number of likely N-dealkylation sites (N-methyl/N-ethyl adjacent to an activating group) is 2. The van der Waals surface area contributed by atoms with E-state index in [9.17, 15) is 38.4 Å². The van der Waals surface area contributed by atoms with Crippen LogP contribution >= 0.6 is 0 Å². The van der Waals surface area contributed by atoms with Gasteiger partial charge in [0.05, 0.1) is 24.2 Å². The van der Waals surface area contributed by atoms with Gasteiger partial charge < -0.3 is 52.3 Å². The zero-order valence-corrected chi connectivity index (χ0v) is 46.4. The van der Waals surface area contributed by atoms with Crippen LogP contribution in [0.2, 0.25) is 0 Å². The van der Waals surface area contributed by atoms with Gasteiger partial charge in [0.1, 0.15) is 24.2 Å². The van der Waals surface area contributed by atoms with Crippen LogP contribution < -0.4 is 42.5 Å². The fourth-order valence-electron chi connectivity index (χ4n) is 13.9. The lowest BCUT2D eigenvalue weighted by Crippen LogP contribution is -2.58. The minimum atomic E-state index is -0.856. The molecule has 0 aromatic heterocycles. The molecular formula is C60H86N10O8. The highest BCUT2D eigenvalue weighted by Crippen LogP contribution is 2.36. The van der Waals surface area contributed by atoms with Crippen molar-refractivity contribution in [1.29, 1.82) is 0 Å². The zero-order valence-electron chi connectivity index (χ0n) is 46.4. The summed E-state index contributed by atoms with van der Waals surface area (Å²) in [6, 6.07) is 10.4. The molecule has 2 aromatic carbocycles. The maximum atomic E-state index is 14.9. The van der Waals surface area contributed by atoms with Crippen molar-refractivity contribution in [2.75, 3.05) is 27.2 Å². The highest BCUT2D eigenvalue weighted by atomic mass is 16.2. The van der Waals surface area contributed by atoms with Crippen LogP contribution in [-0.2, 0) is 51.2 Å². The predicted octanol–water partition coefficient (Wildman–Crippen LogP) is 3.92. The minimum absolute atomic E-state index is 0.0767. The van der Waals surface area contributed by atoms with Crippen molar-refractivity contribution in [3.05, 3.63) is 70.8 Å². The van der Waals surface area contributed by atoms with Crippen LogP contribution in [0, 0.1) is 23.7 Å². The van der Waals surface area contributed by atoms with Crippen molar-refractivity contribution in [2.24, 2.45) is 23.7 Å². The largest absolute Gasteiger partial charge is 0.351 e. The molecule has 78 heavy (non-hydrogen) atoms. The molecule has 8 amide bonds. The number of rotatable bonds is 18. The summed E-state index contributed by atoms with van der Waals surface area (Å²) in [6.07, 6.45) is 14.6. The van der Waals surface area contributed by atoms with Crippen LogP contribution in [0.4, 0.5) is 0 Å². The number of fused-ring (bicyclic) bond motifs is 2. The summed E-state index contributed by atoms with van der Waals surface area (Å²) >= 11 is 0. The van der Waals surface area contributed by atoms with Crippen LogP contribution in [0.1, 0.15) is 164 Å². The number of carbonyl (C=O) groups is 8. The number of nitrogens with one attached hydrogen (secondary N) is 8. The Kier molecular flexibility index (Phi) is 18.9. The van der Waals surface area contributed by atoms with Gasteiger partial charge in [-0.15, -0.1) is 0 Å². The summed E-state index contributed by atoms with van der Waals surface area (Å²) in [5.41, 5.74) is 4.53. The second-order valence-corrected chi connectivity index (χ2v) is 23.8. The summed E-state index contributed by atoms with van der Waals surface area (Å²) in [5.74, 6) is -2.99. The first-order valence-electron chi connectivity index (χ1n) is 29.6. The van der Waals surface area contributed by atoms with Gasteiger partial charge in [-0.25, -0.2) is 0 Å². The summed E-state index contributed by atoms with van der Waals surface area (Å²) in [7, 11) is 3.40. The van der Waals surface area contributed by atoms with E-state index in [0.29, 0.717) is 25.7 Å². The van der Waals surface area contributed by atoms with Crippen molar-refractivity contribution in [1.82, 2.24) is 52.3 Å². The van der Waals surface area contributed by atoms with Crippen molar-refractivity contribution < 1.29 is 38.4 Å². The van der Waals surface area contributed by atoms with E-state index in [1.54, 1.807) is 37.7 Å². The number of hydrogen-bond acceptors (Lipinski definition) is 10. The highest BCUT2D eigenvalue weighted by Gasteiger charge is 2.48. The highest BCUT2D eigenvalue weighted by molar-refractivity contribution is 5.95. The fraction of sp³-hybridized carbons (Fsp3) is 0.667. The molecule has 18 nitrogen and oxygen atoms in total. The second-order valence-electron chi connectivity index (χ2n) is 23.8. The molecule has 2 saturated heterocycles. The number of amides is 8. The summed E-state index contributed by atoms with van der Waals surface area (Å²) < 4.78 is 0. The fourth-order valence-corrected chi connectivity index (χ4v) is 13.9. The standard InChI is InChI=1S/C60H86N10O8/c1-35(61-3)53(71)67-51(39-17-7-5-8-18-39)59(77)69-33-43(31-49(69)57(75)65-47-29-27-37-15-11-13-21-45(37)47)63-55(73)41-23-25-42(26-24-41)56(74)64-44-32-50(58(76)66-48-30-28-38-16-12-14-22-46(38)48)70(34-44)60(78)52(40-19-9-6-10-20-40)68-54(72)36(2)62-4/h11-16,21-22,35-36,39-44,47-52,61-62H,5-10,17-20,23-34H2,1-4H3,(H,63,73)(H,64,74)(H,65,75)(H,66,76)(H,67,71)(H,68,72)/t35-,36-,41?,42?,43-,44-,47+,48?,49-,50-,51-,52-/m0/s1. The molecule has 2 heterocycles. The van der Waals surface area contributed by atoms with E-state index in [1.165, 1.54) is 11.1 Å². The predicted molar refractivity (Wildman–Crippen MR) is 295 cm³/mol. The SMILES string of the molecule is CN[C@@H](C)C(=O)N[C@H](C(=O)N1C[C@@H](NC(=O)C2CCC(C(=O)N[C@H]3C[C@@H](C(=O)N[C@@H]4CCc5ccccc54)N(C(=O)[C@@H](NC(=O)[C@H](C)NC)C4CCCCC4)C3)CC2)C[C@H]1C(=O)NC1CCc2ccccc21)C1CCCCC1. The summed E-state index contributed by atoms with van der Waals surface area (Å²) in [5, 5.41) is 25.0. The third-order valence-electron chi connectivity index (χ3n) is 18.9. The zero-order chi connectivity index (χ0) is 55.0. The van der Waals surface area contributed by atoms with Crippen LogP contribution in [-0.4, -0.2) is 133 Å². The second kappa shape index (κ2) is 25.9. The van der Waals surface area contributed by atoms with E-state index in [0.717, 1.165) is 101 Å². The topological polar surface area (TPSA) is 239 Å². The number of carbonyl (C=O) groups excluding carboxylic acids is 8. The van der Waals surface area contributed by atoms with Crippen LogP contribution in [0.3, 0.4) is 0 Å². The third-order valence-corrected chi connectivity index (χ3v) is 18.9. The molecule has 2 aromatic rings. The molecule has 8 N–H and O–H groups in total. The first kappa shape index (κ1) is 56.8. The van der Waals surface area contributed by atoms with Crippen molar-refractivity contribution in [3.8, 4) is 0 Å². The van der Waals surface area contributed by atoms with Gasteiger partial charge in [0, 0.05) is 37.0 Å². The Balaban J connectivity index is 0.847. The van der Waals surface area contributed by atoms with Crippen molar-refractivity contribution in [2.45, 2.75) is 203 Å². The number of likely N-dealkylation sites (tertiary alicyclic amines) is 2. The molecule has 424 valence electrons. The lowest BCUT2D eigenvalue weighted by atomic mass is 9.81. The third kappa shape index (κ3) is 13.1. The molecule has 1 unspecified atom stereocenters. The lowest BCUT2D eigenvalue weighted by Gasteiger charge is -2.35. The molecule has 9 rings (SSSR count). The van der Waals surface area contributed by atoms with Gasteiger partial charge in [-0.05, 0) is 152 Å². The Morgan fingerprint density at radius 2 is 0.833 bits per heavy atom. The maximum absolute atomic E-state index is 14.9. The Morgan fingerprint density at radius 3 is 1.21 bits per heavy atom. The van der Waals surface area contributed by atoms with Gasteiger partial charge in [0.15, 0.2) is 0 Å². The first-order chi connectivity index (χ1) is 37.7. The van der Waals surface area contributed by atoms with E-state index < -0.39 is 48.3 Å². The Hall–Kier alpha value is -5.88. The molecule has 0 spiro atoms. The molecule has 18 heteroatoms. The van der Waals surface area contributed by atoms with Gasteiger partial charge in [-0.1, -0.05) is 87.1 Å². The number of aryl methyl sites for hydroxylation is 2. The van der Waals surface area contributed by atoms with Crippen LogP contribution in [0.15, 0.2) is 48.5 Å². The summed E-state index contributed by atoms with van der Waals surface area (Å²) in [4.78, 5) is 117. The smallest absolute Gasteiger partial charge is 0.246 e. The quantitative estimate of drug-likeness (QED) is 0.107. The van der Waals surface area contributed by atoms with Crippen molar-refractivity contribution in [3.63, 3.8) is 0 Å². The van der Waals surface area contributed by atoms with Gasteiger partial charge in [0.25, 0.3) is 0 Å². The molecule has 2 aliphatic heterocycles. The van der Waals surface area contributed by atoms with E-state index in [2.05, 4.69) is 54.7 Å². The average molecular weight is 1080 g/mol. The molecule has 3 saturated carbocycles. The monoisotopic (exact) mass is 1070 g/mol. The van der Waals surface area contributed by atoms with Gasteiger partial charge in [-0.3, -0.25) is 38.4 Å². The van der Waals surface area contributed by atoms with Crippen LogP contribution in [0.25, 0.3) is 0 Å². The number of benzene rings is 2. The number of nitrogens with zero attached hydrogens (tertiary/aromatic N) is 2. The molecule has 0 bridgehead atoms. The normalized spacial score (nSPS) is 27.8. The Labute approximate surface area is 460 Å². The van der Waals surface area contributed by atoms with E-state index in [1.807, 2.05) is 36.4 Å². The molecular weight excluding hydrogens is 989 g/mol. The molecule has 7 aliphatic rings. The first-order valence-corrected chi connectivity index (χ1v) is 29.6. The Morgan fingerprint density at radius 1 is 0.462 bits per heavy atom. The van der Waals surface area contributed by atoms with Gasteiger partial charge >= 0.3 is 0 Å². The molecule has 5 fully saturated rings. The summed E-state index contributed by atoms with van der Waals surface area (Å²) in [6.45, 7) is 3.75. The van der Waals surface area contributed by atoms with Gasteiger partial charge in [-0.2, -0.15) is 0 Å². The molecule has 10 atom stereocenters. The van der Waals surface area contributed by atoms with Gasteiger partial charge in [0.2, 0.25) is 47.3 Å². The number of hydrogen-bond donors (Lipinski definition) is 8. The van der Waals surface area contributed by atoms with E-state index in [4.69, 9.17) is 0 Å². The maximum Gasteiger partial charge on any atom is 0.246 e. The van der Waals surface area contributed by atoms with Crippen molar-refractivity contribution >= 4 is 47.3 Å². The molecule has 5 aliphatic carbocycles. The Bertz CT molecular complexity index is 2340. The minimum Gasteiger partial charge on any atom is -0.351 e. The molecule has 0 radical (unpaired) electrons. The van der Waals surface area contributed by atoms with E-state index >= 15 is 0 Å². The van der Waals surface area contributed by atoms with E-state index in [-0.39, 0.29) is 109 Å². The van der Waals surface area contributed by atoms with Crippen LogP contribution in [0.5, 0.6) is 0 Å².